The maximum atomic E-state index is 11.0. The lowest BCUT2D eigenvalue weighted by Gasteiger charge is -2.10. The third kappa shape index (κ3) is 4.88. The fourth-order valence-corrected chi connectivity index (χ4v) is 2.76. The number of hydrogen-bond acceptors (Lipinski definition) is 5. The van der Waals surface area contributed by atoms with Crippen molar-refractivity contribution in [2.45, 2.75) is 6.61 Å². The van der Waals surface area contributed by atoms with Crippen molar-refractivity contribution in [3.05, 3.63) is 105 Å². The predicted molar refractivity (Wildman–Crippen MR) is 111 cm³/mol. The molecular formula is C23H16N2O5. The fourth-order valence-electron chi connectivity index (χ4n) is 2.76. The minimum absolute atomic E-state index is 0.0945. The van der Waals surface area contributed by atoms with Crippen LogP contribution in [0, 0.1) is 21.4 Å². The minimum atomic E-state index is -0.997. The SMILES string of the molecule is N#CC(=Cc1ccccc1OCc1ccc(C(=O)O)cc1)c1cccc([N+](=O)[O-])c1. The maximum absolute atomic E-state index is 11.0. The van der Waals surface area contributed by atoms with Crippen LogP contribution in [0.25, 0.3) is 11.6 Å². The van der Waals surface area contributed by atoms with Crippen molar-refractivity contribution >= 4 is 23.3 Å². The van der Waals surface area contributed by atoms with Crippen LogP contribution in [-0.4, -0.2) is 16.0 Å². The molecular weight excluding hydrogens is 384 g/mol. The van der Waals surface area contributed by atoms with Crippen molar-refractivity contribution in [1.82, 2.24) is 0 Å². The molecule has 0 aliphatic carbocycles. The molecule has 0 saturated carbocycles. The summed E-state index contributed by atoms with van der Waals surface area (Å²) in [5.74, 6) is -0.471. The van der Waals surface area contributed by atoms with E-state index in [1.165, 1.54) is 30.3 Å². The standard InChI is InChI=1S/C23H16N2O5/c24-14-20(18-5-3-6-21(13-18)25(28)29)12-19-4-1-2-7-22(19)30-15-16-8-10-17(11-9-16)23(26)27/h1-13H,15H2,(H,26,27). The van der Waals surface area contributed by atoms with Crippen LogP contribution in [0.4, 0.5) is 5.69 Å². The highest BCUT2D eigenvalue weighted by Crippen LogP contribution is 2.27. The van der Waals surface area contributed by atoms with E-state index in [4.69, 9.17) is 9.84 Å². The van der Waals surface area contributed by atoms with Gasteiger partial charge in [-0.15, -0.1) is 0 Å². The summed E-state index contributed by atoms with van der Waals surface area (Å²) in [4.78, 5) is 21.4. The summed E-state index contributed by atoms with van der Waals surface area (Å²) < 4.78 is 5.86. The van der Waals surface area contributed by atoms with Gasteiger partial charge in [0.2, 0.25) is 0 Å². The van der Waals surface area contributed by atoms with Crippen LogP contribution >= 0.6 is 0 Å². The fraction of sp³-hybridized carbons (Fsp3) is 0.0435. The molecule has 3 aromatic rings. The van der Waals surface area contributed by atoms with Gasteiger partial charge < -0.3 is 9.84 Å². The van der Waals surface area contributed by atoms with E-state index in [1.54, 1.807) is 48.5 Å². The first-order chi connectivity index (χ1) is 14.5. The van der Waals surface area contributed by atoms with Gasteiger partial charge in [-0.05, 0) is 35.4 Å². The normalized spacial score (nSPS) is 10.8. The summed E-state index contributed by atoms with van der Waals surface area (Å²) in [6.45, 7) is 0.212. The molecule has 0 radical (unpaired) electrons. The number of carboxylic acid groups (broad SMARTS) is 1. The van der Waals surface area contributed by atoms with Crippen molar-refractivity contribution in [3.8, 4) is 11.8 Å². The van der Waals surface area contributed by atoms with Gasteiger partial charge in [0, 0.05) is 17.7 Å². The molecule has 0 spiro atoms. The topological polar surface area (TPSA) is 113 Å². The van der Waals surface area contributed by atoms with Crippen LogP contribution in [0.2, 0.25) is 0 Å². The number of para-hydroxylation sites is 1. The van der Waals surface area contributed by atoms with Crippen molar-refractivity contribution in [3.63, 3.8) is 0 Å². The summed E-state index contributed by atoms with van der Waals surface area (Å²) in [6.07, 6.45) is 1.61. The highest BCUT2D eigenvalue weighted by atomic mass is 16.6. The number of nitriles is 1. The second-order valence-electron chi connectivity index (χ2n) is 6.31. The average Bonchev–Trinajstić information content (AvgIpc) is 2.77. The summed E-state index contributed by atoms with van der Waals surface area (Å²) >= 11 is 0. The van der Waals surface area contributed by atoms with E-state index >= 15 is 0 Å². The molecule has 3 aromatic carbocycles. The van der Waals surface area contributed by atoms with Gasteiger partial charge in [0.05, 0.1) is 22.1 Å². The summed E-state index contributed by atoms with van der Waals surface area (Å²) in [5.41, 5.74) is 2.23. The van der Waals surface area contributed by atoms with Crippen molar-refractivity contribution in [2.24, 2.45) is 0 Å². The van der Waals surface area contributed by atoms with Gasteiger partial charge in [0.1, 0.15) is 12.4 Å². The molecule has 0 heterocycles. The average molecular weight is 400 g/mol. The Morgan fingerprint density at radius 3 is 2.47 bits per heavy atom. The molecule has 0 amide bonds. The van der Waals surface area contributed by atoms with Gasteiger partial charge in [-0.1, -0.05) is 42.5 Å². The lowest BCUT2D eigenvalue weighted by atomic mass is 10.0. The van der Waals surface area contributed by atoms with E-state index < -0.39 is 10.9 Å². The molecule has 148 valence electrons. The smallest absolute Gasteiger partial charge is 0.335 e. The second kappa shape index (κ2) is 9.17. The van der Waals surface area contributed by atoms with Crippen LogP contribution < -0.4 is 4.74 Å². The molecule has 0 fully saturated rings. The number of carbonyl (C=O) groups is 1. The molecule has 30 heavy (non-hydrogen) atoms. The van der Waals surface area contributed by atoms with E-state index in [2.05, 4.69) is 6.07 Å². The second-order valence-corrected chi connectivity index (χ2v) is 6.31. The Kier molecular flexibility index (Phi) is 6.20. The third-order valence-electron chi connectivity index (χ3n) is 4.30. The quantitative estimate of drug-likeness (QED) is 0.260. The lowest BCUT2D eigenvalue weighted by Crippen LogP contribution is -1.99. The first kappa shape index (κ1) is 20.3. The molecule has 3 rings (SSSR count). The number of allylic oxidation sites excluding steroid dienone is 1. The van der Waals surface area contributed by atoms with Gasteiger partial charge in [-0.2, -0.15) is 5.26 Å². The Hall–Kier alpha value is -4.44. The van der Waals surface area contributed by atoms with Crippen LogP contribution in [0.15, 0.2) is 72.8 Å². The number of benzene rings is 3. The summed E-state index contributed by atoms with van der Waals surface area (Å²) in [7, 11) is 0. The van der Waals surface area contributed by atoms with Crippen molar-refractivity contribution in [1.29, 1.82) is 5.26 Å². The monoisotopic (exact) mass is 400 g/mol. The number of nitro benzene ring substituents is 1. The maximum Gasteiger partial charge on any atom is 0.335 e. The van der Waals surface area contributed by atoms with Crippen molar-refractivity contribution in [2.75, 3.05) is 0 Å². The zero-order valence-corrected chi connectivity index (χ0v) is 15.7. The number of nitrogens with zero attached hydrogens (tertiary/aromatic N) is 2. The van der Waals surface area contributed by atoms with Gasteiger partial charge in [-0.3, -0.25) is 10.1 Å². The number of nitro groups is 1. The molecule has 0 aliphatic heterocycles. The van der Waals surface area contributed by atoms with Crippen molar-refractivity contribution < 1.29 is 19.6 Å². The van der Waals surface area contributed by atoms with Gasteiger partial charge >= 0.3 is 5.97 Å². The molecule has 0 bridgehead atoms. The number of ether oxygens (including phenoxy) is 1. The molecule has 0 atom stereocenters. The summed E-state index contributed by atoms with van der Waals surface area (Å²) in [5, 5.41) is 29.5. The van der Waals surface area contributed by atoms with Crippen LogP contribution in [0.5, 0.6) is 5.75 Å². The Labute approximate surface area is 172 Å². The molecule has 0 unspecified atom stereocenters. The van der Waals surface area contributed by atoms with Crippen LogP contribution in [-0.2, 0) is 6.61 Å². The van der Waals surface area contributed by atoms with E-state index in [0.717, 1.165) is 5.56 Å². The molecule has 7 heteroatoms. The number of rotatable bonds is 7. The Bertz CT molecular complexity index is 1160. The Balaban J connectivity index is 1.85. The number of carboxylic acids is 1. The molecule has 0 aromatic heterocycles. The van der Waals surface area contributed by atoms with E-state index in [9.17, 15) is 20.2 Å². The Morgan fingerprint density at radius 1 is 1.07 bits per heavy atom. The van der Waals surface area contributed by atoms with Gasteiger partial charge in [0.25, 0.3) is 5.69 Å². The van der Waals surface area contributed by atoms with E-state index in [1.807, 2.05) is 0 Å². The molecule has 1 N–H and O–H groups in total. The predicted octanol–water partition coefficient (Wildman–Crippen LogP) is 4.94. The highest BCUT2D eigenvalue weighted by Gasteiger charge is 2.10. The van der Waals surface area contributed by atoms with Crippen LogP contribution in [0.3, 0.4) is 0 Å². The first-order valence-electron chi connectivity index (χ1n) is 8.88. The minimum Gasteiger partial charge on any atom is -0.488 e. The number of hydrogen-bond donors (Lipinski definition) is 1. The molecule has 0 saturated heterocycles. The molecule has 0 aliphatic rings. The van der Waals surface area contributed by atoms with E-state index in [0.29, 0.717) is 16.9 Å². The number of non-ortho nitro benzene ring substituents is 1. The zero-order chi connectivity index (χ0) is 21.5. The highest BCUT2D eigenvalue weighted by molar-refractivity contribution is 5.91. The number of aromatic carboxylic acids is 1. The van der Waals surface area contributed by atoms with Crippen LogP contribution in [0.1, 0.15) is 27.0 Å². The summed E-state index contributed by atoms with van der Waals surface area (Å²) in [6, 6.07) is 21.4. The molecule has 7 nitrogen and oxygen atoms in total. The zero-order valence-electron chi connectivity index (χ0n) is 15.7. The van der Waals surface area contributed by atoms with E-state index in [-0.39, 0.29) is 23.4 Å². The largest absolute Gasteiger partial charge is 0.488 e. The Morgan fingerprint density at radius 2 is 1.80 bits per heavy atom. The third-order valence-corrected chi connectivity index (χ3v) is 4.30. The van der Waals surface area contributed by atoms with Gasteiger partial charge in [-0.25, -0.2) is 4.79 Å². The lowest BCUT2D eigenvalue weighted by molar-refractivity contribution is -0.384. The first-order valence-corrected chi connectivity index (χ1v) is 8.88. The van der Waals surface area contributed by atoms with Gasteiger partial charge in [0.15, 0.2) is 0 Å².